The summed E-state index contributed by atoms with van der Waals surface area (Å²) in [6.07, 6.45) is 2.96. The highest BCUT2D eigenvalue weighted by molar-refractivity contribution is 5.83. The van der Waals surface area contributed by atoms with Crippen LogP contribution in [-0.4, -0.2) is 17.4 Å². The first kappa shape index (κ1) is 18.8. The number of carbonyl (C=O) groups is 1. The third-order valence-corrected chi connectivity index (χ3v) is 4.52. The Hall–Kier alpha value is -3.01. The Balaban J connectivity index is 1.69. The van der Waals surface area contributed by atoms with Crippen LogP contribution in [0.4, 0.5) is 4.39 Å². The fraction of sp³-hybridized carbons (Fsp3) is 0.217. The van der Waals surface area contributed by atoms with Gasteiger partial charge in [0.25, 0.3) is 0 Å². The van der Waals surface area contributed by atoms with Crippen molar-refractivity contribution < 1.29 is 9.18 Å². The quantitative estimate of drug-likeness (QED) is 0.684. The van der Waals surface area contributed by atoms with Gasteiger partial charge in [0, 0.05) is 24.9 Å². The monoisotopic (exact) mass is 362 g/mol. The molecular formula is C23H23FN2O. The van der Waals surface area contributed by atoms with E-state index in [0.29, 0.717) is 13.0 Å². The van der Waals surface area contributed by atoms with E-state index in [1.807, 2.05) is 24.3 Å². The summed E-state index contributed by atoms with van der Waals surface area (Å²) in [5.74, 6) is -0.784. The van der Waals surface area contributed by atoms with Gasteiger partial charge in [0.2, 0.25) is 5.91 Å². The fourth-order valence-corrected chi connectivity index (χ4v) is 3.11. The number of pyridine rings is 1. The van der Waals surface area contributed by atoms with Gasteiger partial charge in [-0.05, 0) is 48.7 Å². The summed E-state index contributed by atoms with van der Waals surface area (Å²) in [6.45, 7) is 2.61. The van der Waals surface area contributed by atoms with Crippen LogP contribution in [0.15, 0.2) is 72.9 Å². The maximum atomic E-state index is 13.3. The van der Waals surface area contributed by atoms with Crippen molar-refractivity contribution in [2.24, 2.45) is 0 Å². The molecule has 3 rings (SSSR count). The largest absolute Gasteiger partial charge is 0.355 e. The summed E-state index contributed by atoms with van der Waals surface area (Å²) in [5, 5.41) is 3.02. The van der Waals surface area contributed by atoms with E-state index in [9.17, 15) is 9.18 Å². The number of amides is 1. The van der Waals surface area contributed by atoms with Crippen molar-refractivity contribution in [1.29, 1.82) is 0 Å². The first-order chi connectivity index (χ1) is 13.1. The third kappa shape index (κ3) is 5.48. The Morgan fingerprint density at radius 1 is 1.07 bits per heavy atom. The van der Waals surface area contributed by atoms with Crippen molar-refractivity contribution >= 4 is 5.91 Å². The fourth-order valence-electron chi connectivity index (χ4n) is 3.11. The lowest BCUT2D eigenvalue weighted by Gasteiger charge is -2.17. The number of hydrogen-bond donors (Lipinski definition) is 1. The minimum Gasteiger partial charge on any atom is -0.355 e. The molecule has 0 aliphatic carbocycles. The first-order valence-electron chi connectivity index (χ1n) is 9.10. The Kier molecular flexibility index (Phi) is 6.31. The standard InChI is InChI=1S/C23H23FN2O/c1-17-5-4-6-18(15-17)12-14-26-23(27)22(16-21-7-2-3-13-25-21)19-8-10-20(24)11-9-19/h2-11,13,15,22H,12,14,16H2,1H3,(H,26,27). The van der Waals surface area contributed by atoms with Gasteiger partial charge in [0.1, 0.15) is 5.82 Å². The second-order valence-corrected chi connectivity index (χ2v) is 6.66. The molecule has 0 bridgehead atoms. The molecule has 4 heteroatoms. The Morgan fingerprint density at radius 2 is 1.89 bits per heavy atom. The number of aromatic nitrogens is 1. The second kappa shape index (κ2) is 9.08. The highest BCUT2D eigenvalue weighted by atomic mass is 19.1. The van der Waals surface area contributed by atoms with Gasteiger partial charge in [0.15, 0.2) is 0 Å². The summed E-state index contributed by atoms with van der Waals surface area (Å²) in [4.78, 5) is 17.2. The van der Waals surface area contributed by atoms with Crippen molar-refractivity contribution in [3.05, 3.63) is 101 Å². The van der Waals surface area contributed by atoms with Gasteiger partial charge in [-0.25, -0.2) is 4.39 Å². The number of rotatable bonds is 7. The van der Waals surface area contributed by atoms with E-state index in [1.54, 1.807) is 18.3 Å². The molecule has 0 saturated carbocycles. The Bertz CT molecular complexity index is 878. The summed E-state index contributed by atoms with van der Waals surface area (Å²) in [6, 6.07) is 20.0. The van der Waals surface area contributed by atoms with Crippen LogP contribution in [0.1, 0.15) is 28.3 Å². The van der Waals surface area contributed by atoms with E-state index in [0.717, 1.165) is 17.7 Å². The summed E-state index contributed by atoms with van der Waals surface area (Å²) >= 11 is 0. The van der Waals surface area contributed by atoms with E-state index >= 15 is 0 Å². The minimum absolute atomic E-state index is 0.0695. The molecule has 0 saturated heterocycles. The average Bonchev–Trinajstić information content (AvgIpc) is 2.68. The Labute approximate surface area is 159 Å². The van der Waals surface area contributed by atoms with Gasteiger partial charge in [-0.15, -0.1) is 0 Å². The highest BCUT2D eigenvalue weighted by Crippen LogP contribution is 2.21. The van der Waals surface area contributed by atoms with E-state index in [1.165, 1.54) is 23.3 Å². The molecule has 3 aromatic rings. The number of nitrogens with zero attached hydrogens (tertiary/aromatic N) is 1. The van der Waals surface area contributed by atoms with Crippen LogP contribution < -0.4 is 5.32 Å². The van der Waals surface area contributed by atoms with Crippen LogP contribution in [0.5, 0.6) is 0 Å². The summed E-state index contributed by atoms with van der Waals surface area (Å²) in [7, 11) is 0. The summed E-state index contributed by atoms with van der Waals surface area (Å²) < 4.78 is 13.3. The Morgan fingerprint density at radius 3 is 2.59 bits per heavy atom. The van der Waals surface area contributed by atoms with Crippen molar-refractivity contribution in [2.75, 3.05) is 6.54 Å². The number of nitrogens with one attached hydrogen (secondary N) is 1. The van der Waals surface area contributed by atoms with Crippen molar-refractivity contribution in [3.63, 3.8) is 0 Å². The van der Waals surface area contributed by atoms with E-state index < -0.39 is 5.92 Å². The molecule has 27 heavy (non-hydrogen) atoms. The molecule has 1 N–H and O–H groups in total. The number of benzene rings is 2. The van der Waals surface area contributed by atoms with E-state index in [4.69, 9.17) is 0 Å². The van der Waals surface area contributed by atoms with Crippen LogP contribution in [0.3, 0.4) is 0 Å². The topological polar surface area (TPSA) is 42.0 Å². The molecule has 1 amide bonds. The molecular weight excluding hydrogens is 339 g/mol. The van der Waals surface area contributed by atoms with Gasteiger partial charge in [0.05, 0.1) is 5.92 Å². The maximum Gasteiger partial charge on any atom is 0.227 e. The highest BCUT2D eigenvalue weighted by Gasteiger charge is 2.21. The van der Waals surface area contributed by atoms with Crippen LogP contribution in [-0.2, 0) is 17.6 Å². The zero-order valence-corrected chi connectivity index (χ0v) is 15.4. The predicted molar refractivity (Wildman–Crippen MR) is 105 cm³/mol. The zero-order chi connectivity index (χ0) is 19.1. The van der Waals surface area contributed by atoms with Gasteiger partial charge in [-0.1, -0.05) is 48.0 Å². The van der Waals surface area contributed by atoms with Gasteiger partial charge >= 0.3 is 0 Å². The van der Waals surface area contributed by atoms with Crippen molar-refractivity contribution in [2.45, 2.75) is 25.7 Å². The molecule has 0 aliphatic heterocycles. The van der Waals surface area contributed by atoms with E-state index in [-0.39, 0.29) is 11.7 Å². The van der Waals surface area contributed by atoms with Crippen LogP contribution in [0.25, 0.3) is 0 Å². The van der Waals surface area contributed by atoms with E-state index in [2.05, 4.69) is 35.4 Å². The van der Waals surface area contributed by atoms with Crippen LogP contribution in [0.2, 0.25) is 0 Å². The second-order valence-electron chi connectivity index (χ2n) is 6.66. The summed E-state index contributed by atoms with van der Waals surface area (Å²) in [5.41, 5.74) is 4.02. The molecule has 3 nitrogen and oxygen atoms in total. The predicted octanol–water partition coefficient (Wildman–Crippen LogP) is 4.21. The molecule has 1 heterocycles. The molecule has 1 unspecified atom stereocenters. The normalized spacial score (nSPS) is 11.8. The van der Waals surface area contributed by atoms with Crippen LogP contribution >= 0.6 is 0 Å². The average molecular weight is 362 g/mol. The van der Waals surface area contributed by atoms with Gasteiger partial charge in [-0.2, -0.15) is 0 Å². The molecule has 0 radical (unpaired) electrons. The number of carbonyl (C=O) groups excluding carboxylic acids is 1. The zero-order valence-electron chi connectivity index (χ0n) is 15.4. The first-order valence-corrected chi connectivity index (χ1v) is 9.10. The van der Waals surface area contributed by atoms with Crippen LogP contribution in [0, 0.1) is 12.7 Å². The molecule has 2 aromatic carbocycles. The lowest BCUT2D eigenvalue weighted by Crippen LogP contribution is -2.32. The lowest BCUT2D eigenvalue weighted by molar-refractivity contribution is -0.122. The molecule has 138 valence electrons. The van der Waals surface area contributed by atoms with Crippen molar-refractivity contribution in [3.8, 4) is 0 Å². The maximum absolute atomic E-state index is 13.3. The van der Waals surface area contributed by atoms with Gasteiger partial charge < -0.3 is 5.32 Å². The van der Waals surface area contributed by atoms with Crippen molar-refractivity contribution in [1.82, 2.24) is 10.3 Å². The smallest absolute Gasteiger partial charge is 0.227 e. The number of halogens is 1. The number of hydrogen-bond acceptors (Lipinski definition) is 2. The lowest BCUT2D eigenvalue weighted by atomic mass is 9.93. The molecule has 0 aliphatic rings. The third-order valence-electron chi connectivity index (χ3n) is 4.52. The molecule has 0 spiro atoms. The molecule has 0 fully saturated rings. The molecule has 1 aromatic heterocycles. The SMILES string of the molecule is Cc1cccc(CCNC(=O)C(Cc2ccccn2)c2ccc(F)cc2)c1. The van der Waals surface area contributed by atoms with Gasteiger partial charge in [-0.3, -0.25) is 9.78 Å². The molecule has 1 atom stereocenters. The minimum atomic E-state index is -0.405. The number of aryl methyl sites for hydroxylation is 1.